The number of carbonyl (C=O) groups excluding carboxylic acids is 3. The number of esters is 2. The van der Waals surface area contributed by atoms with Gasteiger partial charge in [0.25, 0.3) is 5.91 Å². The van der Waals surface area contributed by atoms with Gasteiger partial charge in [-0.2, -0.15) is 13.2 Å². The van der Waals surface area contributed by atoms with Gasteiger partial charge in [-0.15, -0.1) is 0 Å². The van der Waals surface area contributed by atoms with Crippen LogP contribution in [0.25, 0.3) is 0 Å². The third-order valence-corrected chi connectivity index (χ3v) is 5.36. The Morgan fingerprint density at radius 3 is 2.45 bits per heavy atom. The number of fused-ring (bicyclic) bond motifs is 1. The molecule has 2 rings (SSSR count). The lowest BCUT2D eigenvalue weighted by Gasteiger charge is -2.20. The molecular formula is C23H31F3N2O5. The lowest BCUT2D eigenvalue weighted by Crippen LogP contribution is -2.34. The second kappa shape index (κ2) is 13.2. The van der Waals surface area contributed by atoms with Gasteiger partial charge in [0.1, 0.15) is 5.75 Å². The molecule has 1 heterocycles. The highest BCUT2D eigenvalue weighted by Gasteiger charge is 2.42. The second-order valence-corrected chi connectivity index (χ2v) is 7.98. The maximum atomic E-state index is 12.9. The molecule has 0 unspecified atom stereocenters. The number of aryl methyl sites for hydroxylation is 1. The average Bonchev–Trinajstić information content (AvgIpc) is 2.92. The van der Waals surface area contributed by atoms with Crippen LogP contribution in [-0.4, -0.2) is 55.2 Å². The summed E-state index contributed by atoms with van der Waals surface area (Å²) in [4.78, 5) is 36.7. The van der Waals surface area contributed by atoms with Crippen molar-refractivity contribution in [3.63, 3.8) is 0 Å². The van der Waals surface area contributed by atoms with Gasteiger partial charge in [0, 0.05) is 18.7 Å². The highest BCUT2D eigenvalue weighted by atomic mass is 19.4. The molecule has 1 aromatic carbocycles. The van der Waals surface area contributed by atoms with E-state index in [1.165, 1.54) is 4.90 Å². The molecule has 184 valence electrons. The molecule has 0 radical (unpaired) electrons. The topological polar surface area (TPSA) is 98.9 Å². The minimum atomic E-state index is -5.24. The number of nitrogens with two attached hydrogens (primary N) is 1. The van der Waals surface area contributed by atoms with Gasteiger partial charge < -0.3 is 20.1 Å². The van der Waals surface area contributed by atoms with E-state index in [1.807, 2.05) is 12.1 Å². The van der Waals surface area contributed by atoms with Crippen molar-refractivity contribution in [2.24, 2.45) is 5.73 Å². The van der Waals surface area contributed by atoms with E-state index in [9.17, 15) is 27.6 Å². The zero-order chi connectivity index (χ0) is 24.3. The molecule has 0 aliphatic carbocycles. The van der Waals surface area contributed by atoms with Gasteiger partial charge in [-0.1, -0.05) is 31.7 Å². The Kier molecular flexibility index (Phi) is 10.6. The van der Waals surface area contributed by atoms with Crippen molar-refractivity contribution in [2.45, 2.75) is 64.0 Å². The summed E-state index contributed by atoms with van der Waals surface area (Å²) in [6, 6.07) is 5.33. The first-order chi connectivity index (χ1) is 15.7. The standard InChI is InChI=1S/C23H31F3N2O5/c24-23(25,26)22(31)33-20(29)11-14-28-13-7-8-17-9-10-18(16-19(17)21(28)30)32-15-6-4-2-1-3-5-12-27/h9-10,16H,1-8,11-15,27H2. The van der Waals surface area contributed by atoms with Gasteiger partial charge in [0.15, 0.2) is 0 Å². The van der Waals surface area contributed by atoms with Crippen LogP contribution in [-0.2, 0) is 20.7 Å². The molecule has 33 heavy (non-hydrogen) atoms. The fourth-order valence-corrected chi connectivity index (χ4v) is 3.59. The van der Waals surface area contributed by atoms with Gasteiger partial charge in [0.05, 0.1) is 13.0 Å². The van der Waals surface area contributed by atoms with Crippen LogP contribution >= 0.6 is 0 Å². The molecule has 1 amide bonds. The Morgan fingerprint density at radius 2 is 1.76 bits per heavy atom. The SMILES string of the molecule is NCCCCCCCCOc1ccc2c(c1)C(=O)N(CCC(=O)OC(=O)C(F)(F)F)CCC2. The first-order valence-corrected chi connectivity index (χ1v) is 11.3. The van der Waals surface area contributed by atoms with Crippen molar-refractivity contribution >= 4 is 17.8 Å². The molecule has 10 heteroatoms. The molecule has 0 aromatic heterocycles. The Morgan fingerprint density at radius 1 is 1.06 bits per heavy atom. The maximum absolute atomic E-state index is 12.9. The molecule has 1 aliphatic heterocycles. The Balaban J connectivity index is 1.86. The van der Waals surface area contributed by atoms with Crippen LogP contribution in [0, 0.1) is 0 Å². The molecule has 1 aromatic rings. The Labute approximate surface area is 191 Å². The first kappa shape index (κ1) is 26.6. The van der Waals surface area contributed by atoms with Crippen LogP contribution in [0.3, 0.4) is 0 Å². The van der Waals surface area contributed by atoms with Crippen molar-refractivity contribution in [2.75, 3.05) is 26.2 Å². The third-order valence-electron chi connectivity index (χ3n) is 5.36. The summed E-state index contributed by atoms with van der Waals surface area (Å²) in [5.74, 6) is -3.64. The number of amides is 1. The number of ether oxygens (including phenoxy) is 2. The first-order valence-electron chi connectivity index (χ1n) is 11.3. The summed E-state index contributed by atoms with van der Waals surface area (Å²) in [6.07, 6.45) is 1.94. The van der Waals surface area contributed by atoms with Crippen LogP contribution < -0.4 is 10.5 Å². The van der Waals surface area contributed by atoms with E-state index in [0.717, 1.165) is 50.6 Å². The summed E-state index contributed by atoms with van der Waals surface area (Å²) in [5.41, 5.74) is 6.78. The molecule has 0 spiro atoms. The number of benzene rings is 1. The van der Waals surface area contributed by atoms with E-state index in [4.69, 9.17) is 10.5 Å². The van der Waals surface area contributed by atoms with Crippen molar-refractivity contribution in [3.05, 3.63) is 29.3 Å². The number of unbranched alkanes of at least 4 members (excludes halogenated alkanes) is 5. The number of alkyl halides is 3. The van der Waals surface area contributed by atoms with Gasteiger partial charge >= 0.3 is 18.1 Å². The van der Waals surface area contributed by atoms with Gasteiger partial charge in [-0.25, -0.2) is 4.79 Å². The smallest absolute Gasteiger partial charge is 0.491 e. The van der Waals surface area contributed by atoms with E-state index in [1.54, 1.807) is 6.07 Å². The van der Waals surface area contributed by atoms with E-state index in [2.05, 4.69) is 4.74 Å². The van der Waals surface area contributed by atoms with Crippen molar-refractivity contribution in [3.8, 4) is 5.75 Å². The molecule has 0 atom stereocenters. The van der Waals surface area contributed by atoms with E-state index in [0.29, 0.717) is 37.3 Å². The molecule has 0 saturated heterocycles. The molecule has 0 bridgehead atoms. The number of rotatable bonds is 12. The fourth-order valence-electron chi connectivity index (χ4n) is 3.59. The van der Waals surface area contributed by atoms with Gasteiger partial charge in [-0.05, 0) is 49.9 Å². The number of hydrogen-bond acceptors (Lipinski definition) is 6. The van der Waals surface area contributed by atoms with Crippen LogP contribution in [0.4, 0.5) is 13.2 Å². The third kappa shape index (κ3) is 9.03. The van der Waals surface area contributed by atoms with Crippen LogP contribution in [0.2, 0.25) is 0 Å². The molecule has 1 aliphatic rings. The highest BCUT2D eigenvalue weighted by molar-refractivity contribution is 5.97. The van der Waals surface area contributed by atoms with Crippen molar-refractivity contribution in [1.82, 2.24) is 4.90 Å². The fraction of sp³-hybridized carbons (Fsp3) is 0.609. The average molecular weight is 473 g/mol. The van der Waals surface area contributed by atoms with E-state index in [-0.39, 0.29) is 12.5 Å². The zero-order valence-electron chi connectivity index (χ0n) is 18.6. The molecule has 2 N–H and O–H groups in total. The van der Waals surface area contributed by atoms with E-state index < -0.39 is 24.5 Å². The molecule has 0 saturated carbocycles. The second-order valence-electron chi connectivity index (χ2n) is 7.98. The monoisotopic (exact) mass is 472 g/mol. The number of hydrogen-bond donors (Lipinski definition) is 1. The van der Waals surface area contributed by atoms with Gasteiger partial charge in [-0.3, -0.25) is 9.59 Å². The summed E-state index contributed by atoms with van der Waals surface area (Å²) in [5, 5.41) is 0. The van der Waals surface area contributed by atoms with Crippen LogP contribution in [0.1, 0.15) is 67.3 Å². The number of carbonyl (C=O) groups is 3. The Hall–Kier alpha value is -2.62. The van der Waals surface area contributed by atoms with Crippen LogP contribution in [0.15, 0.2) is 18.2 Å². The van der Waals surface area contributed by atoms with Crippen LogP contribution in [0.5, 0.6) is 5.75 Å². The molecular weight excluding hydrogens is 441 g/mol. The van der Waals surface area contributed by atoms with Crippen molar-refractivity contribution in [1.29, 1.82) is 0 Å². The summed E-state index contributed by atoms with van der Waals surface area (Å²) >= 11 is 0. The summed E-state index contributed by atoms with van der Waals surface area (Å²) in [7, 11) is 0. The van der Waals surface area contributed by atoms with E-state index >= 15 is 0 Å². The quantitative estimate of drug-likeness (QED) is 0.282. The minimum absolute atomic E-state index is 0.141. The number of halogens is 3. The predicted molar refractivity (Wildman–Crippen MR) is 115 cm³/mol. The lowest BCUT2D eigenvalue weighted by molar-refractivity contribution is -0.201. The zero-order valence-corrected chi connectivity index (χ0v) is 18.6. The normalized spacial score (nSPS) is 13.9. The highest BCUT2D eigenvalue weighted by Crippen LogP contribution is 2.24. The summed E-state index contributed by atoms with van der Waals surface area (Å²) in [6.45, 7) is 1.46. The lowest BCUT2D eigenvalue weighted by atomic mass is 10.0. The minimum Gasteiger partial charge on any atom is -0.494 e. The predicted octanol–water partition coefficient (Wildman–Crippen LogP) is 3.78. The van der Waals surface area contributed by atoms with Gasteiger partial charge in [0.2, 0.25) is 0 Å². The van der Waals surface area contributed by atoms with Crippen molar-refractivity contribution < 1.29 is 37.0 Å². The number of nitrogens with zero attached hydrogens (tertiary/aromatic N) is 1. The molecule has 0 fully saturated rings. The maximum Gasteiger partial charge on any atom is 0.491 e. The summed E-state index contributed by atoms with van der Waals surface area (Å²) < 4.78 is 46.2. The molecule has 7 nitrogen and oxygen atoms in total. The Bertz CT molecular complexity index is 814. The largest absolute Gasteiger partial charge is 0.494 e.